The standard InChI is InChI=1S/C6H5F3O2/c7-6(8,9)4-2-1-3-11-5(4)10/h1-2,4H,3H2. The van der Waals surface area contributed by atoms with Gasteiger partial charge in [0.25, 0.3) is 0 Å². The average molecular weight is 166 g/mol. The molecule has 5 heteroatoms. The molecular formula is C6H5F3O2. The Bertz CT molecular complexity index is 194. The molecule has 1 rings (SSSR count). The topological polar surface area (TPSA) is 26.3 Å². The first kappa shape index (κ1) is 8.10. The number of carbonyl (C=O) groups is 1. The first-order valence-corrected chi connectivity index (χ1v) is 2.92. The van der Waals surface area contributed by atoms with Crippen molar-refractivity contribution in [3.63, 3.8) is 0 Å². The van der Waals surface area contributed by atoms with Crippen LogP contribution in [0.4, 0.5) is 13.2 Å². The fourth-order valence-electron chi connectivity index (χ4n) is 0.733. The van der Waals surface area contributed by atoms with Gasteiger partial charge in [0.2, 0.25) is 0 Å². The van der Waals surface area contributed by atoms with Crippen molar-refractivity contribution in [2.75, 3.05) is 6.61 Å². The fraction of sp³-hybridized carbons (Fsp3) is 0.500. The molecule has 0 aromatic rings. The molecule has 1 unspecified atom stereocenters. The second-order valence-corrected chi connectivity index (χ2v) is 2.08. The van der Waals surface area contributed by atoms with Crippen molar-refractivity contribution < 1.29 is 22.7 Å². The Kier molecular flexibility index (Phi) is 1.89. The highest BCUT2D eigenvalue weighted by molar-refractivity contribution is 5.76. The molecule has 0 bridgehead atoms. The number of hydrogen-bond donors (Lipinski definition) is 0. The van der Waals surface area contributed by atoms with E-state index in [9.17, 15) is 18.0 Å². The van der Waals surface area contributed by atoms with Crippen LogP contribution in [0, 0.1) is 5.92 Å². The third-order valence-electron chi connectivity index (χ3n) is 1.26. The third kappa shape index (κ3) is 1.72. The summed E-state index contributed by atoms with van der Waals surface area (Å²) < 4.78 is 39.7. The van der Waals surface area contributed by atoms with Crippen molar-refractivity contribution in [3.05, 3.63) is 12.2 Å². The monoisotopic (exact) mass is 166 g/mol. The Hall–Kier alpha value is -1.00. The van der Waals surface area contributed by atoms with E-state index in [-0.39, 0.29) is 6.61 Å². The quantitative estimate of drug-likeness (QED) is 0.400. The van der Waals surface area contributed by atoms with Gasteiger partial charge in [-0.2, -0.15) is 13.2 Å². The van der Waals surface area contributed by atoms with Crippen LogP contribution in [0.25, 0.3) is 0 Å². The Morgan fingerprint density at radius 3 is 2.55 bits per heavy atom. The number of hydrogen-bond acceptors (Lipinski definition) is 2. The minimum Gasteiger partial charge on any atom is -0.461 e. The lowest BCUT2D eigenvalue weighted by molar-refractivity contribution is -0.189. The smallest absolute Gasteiger partial charge is 0.405 e. The van der Waals surface area contributed by atoms with Gasteiger partial charge in [-0.1, -0.05) is 12.2 Å². The van der Waals surface area contributed by atoms with Crippen molar-refractivity contribution in [3.8, 4) is 0 Å². The van der Waals surface area contributed by atoms with Gasteiger partial charge >= 0.3 is 12.1 Å². The summed E-state index contributed by atoms with van der Waals surface area (Å²) in [4.78, 5) is 10.4. The maximum absolute atomic E-state index is 11.8. The summed E-state index contributed by atoms with van der Waals surface area (Å²) in [6.45, 7) is -0.0641. The molecule has 0 aliphatic carbocycles. The molecule has 1 heterocycles. The van der Waals surface area contributed by atoms with Crippen LogP contribution >= 0.6 is 0 Å². The van der Waals surface area contributed by atoms with Crippen molar-refractivity contribution in [2.45, 2.75) is 6.18 Å². The highest BCUT2D eigenvalue weighted by Crippen LogP contribution is 2.29. The van der Waals surface area contributed by atoms with Crippen molar-refractivity contribution in [2.24, 2.45) is 5.92 Å². The van der Waals surface area contributed by atoms with Crippen molar-refractivity contribution >= 4 is 5.97 Å². The molecule has 62 valence electrons. The van der Waals surface area contributed by atoms with E-state index in [0.29, 0.717) is 0 Å². The lowest BCUT2D eigenvalue weighted by atomic mass is 10.1. The molecule has 0 saturated heterocycles. The molecule has 1 atom stereocenters. The van der Waals surface area contributed by atoms with Crippen LogP contribution in [0.3, 0.4) is 0 Å². The van der Waals surface area contributed by atoms with Gasteiger partial charge < -0.3 is 4.74 Å². The molecule has 0 fully saturated rings. The van der Waals surface area contributed by atoms with Gasteiger partial charge in [-0.15, -0.1) is 0 Å². The summed E-state index contributed by atoms with van der Waals surface area (Å²) in [6, 6.07) is 0. The molecule has 0 radical (unpaired) electrons. The lowest BCUT2D eigenvalue weighted by Crippen LogP contribution is -2.32. The van der Waals surface area contributed by atoms with Crippen LogP contribution in [0.15, 0.2) is 12.2 Å². The van der Waals surface area contributed by atoms with Gasteiger partial charge in [0.1, 0.15) is 6.61 Å². The predicted octanol–water partition coefficient (Wildman–Crippen LogP) is 1.28. The number of rotatable bonds is 0. The molecule has 0 amide bonds. The average Bonchev–Trinajstić information content (AvgIpc) is 1.86. The van der Waals surface area contributed by atoms with Crippen LogP contribution in [-0.2, 0) is 9.53 Å². The molecule has 2 nitrogen and oxygen atoms in total. The first-order valence-electron chi connectivity index (χ1n) is 2.92. The van der Waals surface area contributed by atoms with Gasteiger partial charge in [0.05, 0.1) is 0 Å². The van der Waals surface area contributed by atoms with Crippen molar-refractivity contribution in [1.82, 2.24) is 0 Å². The van der Waals surface area contributed by atoms with Gasteiger partial charge in [0.15, 0.2) is 5.92 Å². The van der Waals surface area contributed by atoms with E-state index in [1.165, 1.54) is 6.08 Å². The summed E-state index contributed by atoms with van der Waals surface area (Å²) in [5, 5.41) is 0. The Balaban J connectivity index is 2.77. The molecule has 0 saturated carbocycles. The van der Waals surface area contributed by atoms with E-state index in [0.717, 1.165) is 6.08 Å². The minimum atomic E-state index is -4.52. The van der Waals surface area contributed by atoms with Gasteiger partial charge in [-0.25, -0.2) is 0 Å². The molecule has 0 aromatic heterocycles. The van der Waals surface area contributed by atoms with Gasteiger partial charge in [0, 0.05) is 0 Å². The summed E-state index contributed by atoms with van der Waals surface area (Å²) in [7, 11) is 0. The normalized spacial score (nSPS) is 25.0. The maximum atomic E-state index is 11.8. The van der Waals surface area contributed by atoms with E-state index in [1.807, 2.05) is 0 Å². The first-order chi connectivity index (χ1) is 5.02. The van der Waals surface area contributed by atoms with Crippen LogP contribution < -0.4 is 0 Å². The van der Waals surface area contributed by atoms with Crippen molar-refractivity contribution in [1.29, 1.82) is 0 Å². The third-order valence-corrected chi connectivity index (χ3v) is 1.26. The summed E-state index contributed by atoms with van der Waals surface area (Å²) in [5.74, 6) is -3.30. The SMILES string of the molecule is O=C1OCC=CC1C(F)(F)F. The highest BCUT2D eigenvalue weighted by atomic mass is 19.4. The molecule has 1 aliphatic rings. The predicted molar refractivity (Wildman–Crippen MR) is 29.6 cm³/mol. The number of ether oxygens (including phenoxy) is 1. The Labute approximate surface area is 60.6 Å². The fourth-order valence-corrected chi connectivity index (χ4v) is 0.733. The van der Waals surface area contributed by atoms with Crippen LogP contribution in [-0.4, -0.2) is 18.8 Å². The number of cyclic esters (lactones) is 1. The van der Waals surface area contributed by atoms with Gasteiger partial charge in [-0.05, 0) is 0 Å². The molecule has 0 N–H and O–H groups in total. The van der Waals surface area contributed by atoms with E-state index in [2.05, 4.69) is 4.74 Å². The van der Waals surface area contributed by atoms with Crippen LogP contribution in [0.1, 0.15) is 0 Å². The zero-order chi connectivity index (χ0) is 8.48. The van der Waals surface area contributed by atoms with Crippen LogP contribution in [0.2, 0.25) is 0 Å². The van der Waals surface area contributed by atoms with E-state index < -0.39 is 18.1 Å². The van der Waals surface area contributed by atoms with E-state index in [1.54, 1.807) is 0 Å². The Morgan fingerprint density at radius 2 is 2.18 bits per heavy atom. The second kappa shape index (κ2) is 2.56. The molecule has 1 aliphatic heterocycles. The number of carbonyl (C=O) groups excluding carboxylic acids is 1. The zero-order valence-electron chi connectivity index (χ0n) is 5.39. The minimum absolute atomic E-state index is 0.0641. The zero-order valence-corrected chi connectivity index (χ0v) is 5.39. The van der Waals surface area contributed by atoms with Crippen LogP contribution in [0.5, 0.6) is 0 Å². The lowest BCUT2D eigenvalue weighted by Gasteiger charge is -2.17. The summed E-state index contributed by atoms with van der Waals surface area (Å²) >= 11 is 0. The molecule has 0 aromatic carbocycles. The van der Waals surface area contributed by atoms with E-state index in [4.69, 9.17) is 0 Å². The van der Waals surface area contributed by atoms with Gasteiger partial charge in [-0.3, -0.25) is 4.79 Å². The van der Waals surface area contributed by atoms with E-state index >= 15 is 0 Å². The largest absolute Gasteiger partial charge is 0.461 e. The number of esters is 1. The number of halogens is 3. The Morgan fingerprint density at radius 1 is 1.55 bits per heavy atom. The summed E-state index contributed by atoms with van der Waals surface area (Å²) in [6.07, 6.45) is -2.53. The highest BCUT2D eigenvalue weighted by Gasteiger charge is 2.45. The summed E-state index contributed by atoms with van der Waals surface area (Å²) in [5.41, 5.74) is 0. The molecular weight excluding hydrogens is 161 g/mol. The molecule has 11 heavy (non-hydrogen) atoms. The molecule has 0 spiro atoms. The maximum Gasteiger partial charge on any atom is 0.405 e. The number of alkyl halides is 3. The second-order valence-electron chi connectivity index (χ2n) is 2.08.